The van der Waals surface area contributed by atoms with Crippen LogP contribution in [0.4, 0.5) is 0 Å². The van der Waals surface area contributed by atoms with Gasteiger partial charge in [-0.25, -0.2) is 0 Å². The molecule has 0 aliphatic carbocycles. The Hall–Kier alpha value is -3.58. The normalized spacial score (nSPS) is 13.9. The van der Waals surface area contributed by atoms with Crippen LogP contribution in [0.5, 0.6) is 11.5 Å². The first kappa shape index (κ1) is 25.5. The Kier molecular flexibility index (Phi) is 8.44. The molecule has 0 radical (unpaired) electrons. The molecular weight excluding hydrogens is 456 g/mol. The van der Waals surface area contributed by atoms with Gasteiger partial charge in [0, 0.05) is 36.8 Å². The molecule has 2 atom stereocenters. The molecule has 0 amide bonds. The smallest absolute Gasteiger partial charge is 0.305 e. The minimum atomic E-state index is -0.895. The van der Waals surface area contributed by atoms with Crippen molar-refractivity contribution in [3.8, 4) is 11.5 Å². The number of nitrogens with zero attached hydrogens (tertiary/aromatic N) is 1. The molecule has 36 heavy (non-hydrogen) atoms. The fraction of sp³-hybridized carbons (Fsp3) is 0.379. The topological polar surface area (TPSA) is 89.8 Å². The van der Waals surface area contributed by atoms with E-state index in [0.717, 1.165) is 41.5 Å². The second-order valence-electron chi connectivity index (χ2n) is 9.38. The Morgan fingerprint density at radius 3 is 2.64 bits per heavy atom. The van der Waals surface area contributed by atoms with Gasteiger partial charge in [-0.05, 0) is 48.2 Å². The molecule has 7 heteroatoms. The molecule has 7 nitrogen and oxygen atoms in total. The van der Waals surface area contributed by atoms with Crippen LogP contribution in [0.25, 0.3) is 0 Å². The van der Waals surface area contributed by atoms with Crippen molar-refractivity contribution in [1.29, 1.82) is 0 Å². The first-order valence-corrected chi connectivity index (χ1v) is 12.5. The number of benzene rings is 2. The van der Waals surface area contributed by atoms with Crippen molar-refractivity contribution in [2.45, 2.75) is 58.0 Å². The van der Waals surface area contributed by atoms with E-state index in [1.54, 1.807) is 0 Å². The molecule has 1 unspecified atom stereocenters. The van der Waals surface area contributed by atoms with Crippen molar-refractivity contribution in [1.82, 2.24) is 9.88 Å². The molecule has 4 rings (SSSR count). The SMILES string of the molecule is CCCCC(CN[C@@H](CC(=O)O)c1ccc2c(c1)OCO2)n1cc(C)cc(Cc2ccccc2)c1=O. The van der Waals surface area contributed by atoms with E-state index in [0.29, 0.717) is 24.5 Å². The second kappa shape index (κ2) is 11.9. The number of rotatable bonds is 12. The number of unbranched alkanes of at least 4 members (excludes halogenated alkanes) is 1. The summed E-state index contributed by atoms with van der Waals surface area (Å²) in [5, 5.41) is 13.0. The zero-order valence-corrected chi connectivity index (χ0v) is 20.9. The quantitative estimate of drug-likeness (QED) is 0.371. The zero-order valence-electron chi connectivity index (χ0n) is 20.9. The van der Waals surface area contributed by atoms with E-state index in [-0.39, 0.29) is 24.8 Å². The molecule has 190 valence electrons. The zero-order chi connectivity index (χ0) is 25.5. The number of carboxylic acids is 1. The Morgan fingerprint density at radius 2 is 1.89 bits per heavy atom. The predicted octanol–water partition coefficient (Wildman–Crippen LogP) is 5.01. The molecule has 3 aromatic rings. The summed E-state index contributed by atoms with van der Waals surface area (Å²) in [6.45, 7) is 4.77. The van der Waals surface area contributed by atoms with Gasteiger partial charge in [0.1, 0.15) is 0 Å². The third kappa shape index (κ3) is 6.34. The Bertz CT molecular complexity index is 1240. The first-order valence-electron chi connectivity index (χ1n) is 12.5. The molecule has 0 spiro atoms. The van der Waals surface area contributed by atoms with Gasteiger partial charge in [0.15, 0.2) is 11.5 Å². The number of aromatic nitrogens is 1. The molecule has 0 fully saturated rings. The fourth-order valence-electron chi connectivity index (χ4n) is 4.70. The van der Waals surface area contributed by atoms with E-state index in [4.69, 9.17) is 9.47 Å². The van der Waals surface area contributed by atoms with Crippen molar-refractivity contribution < 1.29 is 19.4 Å². The molecule has 2 heterocycles. The van der Waals surface area contributed by atoms with Crippen molar-refractivity contribution in [3.63, 3.8) is 0 Å². The van der Waals surface area contributed by atoms with Crippen LogP contribution in [0, 0.1) is 6.92 Å². The van der Waals surface area contributed by atoms with Gasteiger partial charge in [0.25, 0.3) is 5.56 Å². The molecule has 0 bridgehead atoms. The van der Waals surface area contributed by atoms with Crippen LogP contribution >= 0.6 is 0 Å². The Labute approximate surface area is 211 Å². The maximum atomic E-state index is 13.6. The molecule has 0 saturated carbocycles. The third-order valence-corrected chi connectivity index (χ3v) is 6.55. The monoisotopic (exact) mass is 490 g/mol. The van der Waals surface area contributed by atoms with Gasteiger partial charge in [-0.1, -0.05) is 56.2 Å². The van der Waals surface area contributed by atoms with Gasteiger partial charge in [-0.3, -0.25) is 9.59 Å². The van der Waals surface area contributed by atoms with Gasteiger partial charge in [0.2, 0.25) is 6.79 Å². The number of pyridine rings is 1. The summed E-state index contributed by atoms with van der Waals surface area (Å²) in [6, 6.07) is 17.0. The minimum Gasteiger partial charge on any atom is -0.481 e. The van der Waals surface area contributed by atoms with Crippen LogP contribution in [0.2, 0.25) is 0 Å². The number of hydrogen-bond acceptors (Lipinski definition) is 5. The van der Waals surface area contributed by atoms with E-state index in [1.807, 2.05) is 72.3 Å². The largest absolute Gasteiger partial charge is 0.481 e. The van der Waals surface area contributed by atoms with Crippen molar-refractivity contribution in [2.24, 2.45) is 0 Å². The first-order chi connectivity index (χ1) is 17.4. The average Bonchev–Trinajstić information content (AvgIpc) is 3.34. The third-order valence-electron chi connectivity index (χ3n) is 6.55. The lowest BCUT2D eigenvalue weighted by atomic mass is 10.0. The average molecular weight is 491 g/mol. The standard InChI is InChI=1S/C29H34N2O5/c1-3-4-10-24(31-18-20(2)13-23(29(31)34)14-21-8-6-5-7-9-21)17-30-25(16-28(32)33)22-11-12-26-27(15-22)36-19-35-26/h5-9,11-13,15,18,24-25,30H,3-4,10,14,16-17,19H2,1-2H3,(H,32,33)/t24?,25-/m0/s1. The molecule has 1 aliphatic rings. The lowest BCUT2D eigenvalue weighted by Gasteiger charge is -2.25. The maximum Gasteiger partial charge on any atom is 0.305 e. The van der Waals surface area contributed by atoms with Crippen molar-refractivity contribution in [2.75, 3.05) is 13.3 Å². The van der Waals surface area contributed by atoms with E-state index >= 15 is 0 Å². The van der Waals surface area contributed by atoms with Gasteiger partial charge in [-0.2, -0.15) is 0 Å². The predicted molar refractivity (Wildman–Crippen MR) is 139 cm³/mol. The second-order valence-corrected chi connectivity index (χ2v) is 9.38. The summed E-state index contributed by atoms with van der Waals surface area (Å²) in [4.78, 5) is 25.2. The van der Waals surface area contributed by atoms with Crippen LogP contribution in [0.1, 0.15) is 66.9 Å². The number of aryl methyl sites for hydroxylation is 1. The highest BCUT2D eigenvalue weighted by Gasteiger charge is 2.22. The van der Waals surface area contributed by atoms with Gasteiger partial charge < -0.3 is 24.5 Å². The molecule has 0 saturated heterocycles. The molecule has 2 N–H and O–H groups in total. The number of nitrogens with one attached hydrogen (secondary N) is 1. The number of hydrogen-bond donors (Lipinski definition) is 2. The van der Waals surface area contributed by atoms with Gasteiger partial charge >= 0.3 is 5.97 Å². The van der Waals surface area contributed by atoms with E-state index in [1.165, 1.54) is 0 Å². The maximum absolute atomic E-state index is 13.6. The van der Waals surface area contributed by atoms with Gasteiger partial charge in [0.05, 0.1) is 6.42 Å². The van der Waals surface area contributed by atoms with Crippen LogP contribution in [0.3, 0.4) is 0 Å². The summed E-state index contributed by atoms with van der Waals surface area (Å²) in [5.74, 6) is 0.381. The number of carboxylic acid groups (broad SMARTS) is 1. The van der Waals surface area contributed by atoms with Crippen molar-refractivity contribution in [3.05, 3.63) is 93.4 Å². The van der Waals surface area contributed by atoms with Crippen LogP contribution < -0.4 is 20.3 Å². The molecule has 1 aliphatic heterocycles. The fourth-order valence-corrected chi connectivity index (χ4v) is 4.70. The highest BCUT2D eigenvalue weighted by Crippen LogP contribution is 2.35. The van der Waals surface area contributed by atoms with Crippen LogP contribution in [0.15, 0.2) is 65.6 Å². The number of aliphatic carboxylic acids is 1. The number of carbonyl (C=O) groups is 1. The van der Waals surface area contributed by atoms with Crippen molar-refractivity contribution >= 4 is 5.97 Å². The summed E-state index contributed by atoms with van der Waals surface area (Å²) in [6.07, 6.45) is 5.21. The summed E-state index contributed by atoms with van der Waals surface area (Å²) >= 11 is 0. The summed E-state index contributed by atoms with van der Waals surface area (Å²) in [7, 11) is 0. The number of ether oxygens (including phenoxy) is 2. The molecule has 1 aromatic heterocycles. The summed E-state index contributed by atoms with van der Waals surface area (Å²) in [5.41, 5.74) is 3.71. The van der Waals surface area contributed by atoms with E-state index in [9.17, 15) is 14.7 Å². The number of fused-ring (bicyclic) bond motifs is 1. The molecule has 2 aromatic carbocycles. The van der Waals surface area contributed by atoms with Crippen LogP contribution in [-0.2, 0) is 11.2 Å². The van der Waals surface area contributed by atoms with Crippen LogP contribution in [-0.4, -0.2) is 29.0 Å². The lowest BCUT2D eigenvalue weighted by molar-refractivity contribution is -0.137. The molecular formula is C29H34N2O5. The highest BCUT2D eigenvalue weighted by atomic mass is 16.7. The van der Waals surface area contributed by atoms with E-state index in [2.05, 4.69) is 12.2 Å². The Balaban J connectivity index is 1.59. The lowest BCUT2D eigenvalue weighted by Crippen LogP contribution is -2.36. The van der Waals surface area contributed by atoms with E-state index < -0.39 is 12.0 Å². The minimum absolute atomic E-state index is 0.00483. The Morgan fingerprint density at radius 1 is 1.11 bits per heavy atom. The van der Waals surface area contributed by atoms with Gasteiger partial charge in [-0.15, -0.1) is 0 Å². The summed E-state index contributed by atoms with van der Waals surface area (Å²) < 4.78 is 12.7. The highest BCUT2D eigenvalue weighted by molar-refractivity contribution is 5.68.